The smallest absolute Gasteiger partial charge is 0.333 e. The molecular formula is C25H26O4. The van der Waals surface area contributed by atoms with Crippen LogP contribution in [0.15, 0.2) is 67.3 Å². The molecule has 0 radical (unpaired) electrons. The fourth-order valence-corrected chi connectivity index (χ4v) is 3.60. The van der Waals surface area contributed by atoms with Gasteiger partial charge in [-0.2, -0.15) is 0 Å². The number of fused-ring (bicyclic) bond motifs is 1. The Labute approximate surface area is 171 Å². The van der Waals surface area contributed by atoms with Crippen LogP contribution in [-0.4, -0.2) is 18.5 Å². The highest BCUT2D eigenvalue weighted by atomic mass is 16.5. The minimum absolute atomic E-state index is 0.202. The quantitative estimate of drug-likeness (QED) is 0.357. The molecule has 1 aliphatic rings. The molecule has 0 bridgehead atoms. The molecule has 2 aromatic rings. The summed E-state index contributed by atoms with van der Waals surface area (Å²) in [5, 5.41) is 0. The van der Waals surface area contributed by atoms with Crippen molar-refractivity contribution >= 4 is 11.9 Å². The lowest BCUT2D eigenvalue weighted by Gasteiger charge is -2.14. The monoisotopic (exact) mass is 390 g/mol. The van der Waals surface area contributed by atoms with Gasteiger partial charge in [0.25, 0.3) is 0 Å². The second kappa shape index (κ2) is 9.37. The molecule has 1 atom stereocenters. The molecule has 0 amide bonds. The van der Waals surface area contributed by atoms with Crippen molar-refractivity contribution in [3.05, 3.63) is 84.0 Å². The van der Waals surface area contributed by atoms with E-state index in [9.17, 15) is 9.59 Å². The van der Waals surface area contributed by atoms with E-state index in [0.717, 1.165) is 36.8 Å². The average molecular weight is 390 g/mol. The Morgan fingerprint density at radius 1 is 1.17 bits per heavy atom. The predicted molar refractivity (Wildman–Crippen MR) is 113 cm³/mol. The summed E-state index contributed by atoms with van der Waals surface area (Å²) in [5.41, 5.74) is 6.29. The SMILES string of the molecule is C=CC(=O)OCCCc1ccc(-c2cccc3c2CCC3OC(=O)C(=C)C)cc1. The van der Waals surface area contributed by atoms with Gasteiger partial charge in [-0.3, -0.25) is 0 Å². The van der Waals surface area contributed by atoms with Crippen molar-refractivity contribution in [2.24, 2.45) is 0 Å². The van der Waals surface area contributed by atoms with Gasteiger partial charge in [-0.25, -0.2) is 9.59 Å². The third-order valence-corrected chi connectivity index (χ3v) is 5.10. The number of benzene rings is 2. The minimum atomic E-state index is -0.384. The van der Waals surface area contributed by atoms with Gasteiger partial charge in [0.2, 0.25) is 0 Å². The molecule has 3 rings (SSSR count). The van der Waals surface area contributed by atoms with Crippen LogP contribution in [0.2, 0.25) is 0 Å². The van der Waals surface area contributed by atoms with Crippen LogP contribution in [0, 0.1) is 0 Å². The molecule has 0 saturated heterocycles. The zero-order valence-corrected chi connectivity index (χ0v) is 16.8. The molecule has 1 aliphatic carbocycles. The van der Waals surface area contributed by atoms with Crippen LogP contribution in [0.5, 0.6) is 0 Å². The van der Waals surface area contributed by atoms with Gasteiger partial charge in [0.05, 0.1) is 6.61 Å². The molecule has 150 valence electrons. The maximum atomic E-state index is 11.9. The van der Waals surface area contributed by atoms with Gasteiger partial charge in [0.15, 0.2) is 0 Å². The Morgan fingerprint density at radius 2 is 1.93 bits per heavy atom. The Hall–Kier alpha value is -3.14. The lowest BCUT2D eigenvalue weighted by Crippen LogP contribution is -2.09. The molecular weight excluding hydrogens is 364 g/mol. The second-order valence-corrected chi connectivity index (χ2v) is 7.26. The topological polar surface area (TPSA) is 52.6 Å². The fourth-order valence-electron chi connectivity index (χ4n) is 3.60. The van der Waals surface area contributed by atoms with Crippen LogP contribution >= 0.6 is 0 Å². The first-order valence-corrected chi connectivity index (χ1v) is 9.86. The van der Waals surface area contributed by atoms with Crippen molar-refractivity contribution in [2.75, 3.05) is 6.61 Å². The second-order valence-electron chi connectivity index (χ2n) is 7.26. The molecule has 0 fully saturated rings. The summed E-state index contributed by atoms with van der Waals surface area (Å²) < 4.78 is 10.6. The molecule has 0 spiro atoms. The van der Waals surface area contributed by atoms with Crippen LogP contribution in [0.25, 0.3) is 11.1 Å². The molecule has 1 unspecified atom stereocenters. The Kier molecular flexibility index (Phi) is 6.65. The van der Waals surface area contributed by atoms with Crippen LogP contribution in [-0.2, 0) is 31.9 Å². The Balaban J connectivity index is 1.68. The first kappa shape index (κ1) is 20.6. The molecule has 0 saturated carbocycles. The number of ether oxygens (including phenoxy) is 2. The van der Waals surface area contributed by atoms with E-state index in [-0.39, 0.29) is 18.0 Å². The summed E-state index contributed by atoms with van der Waals surface area (Å²) >= 11 is 0. The van der Waals surface area contributed by atoms with Gasteiger partial charge in [0.1, 0.15) is 6.10 Å². The number of carbonyl (C=O) groups excluding carboxylic acids is 2. The van der Waals surface area contributed by atoms with E-state index >= 15 is 0 Å². The number of carbonyl (C=O) groups is 2. The van der Waals surface area contributed by atoms with Crippen LogP contribution in [0.1, 0.15) is 42.6 Å². The lowest BCUT2D eigenvalue weighted by molar-refractivity contribution is -0.144. The highest BCUT2D eigenvalue weighted by Crippen LogP contribution is 2.39. The number of hydrogen-bond donors (Lipinski definition) is 0. The van der Waals surface area contributed by atoms with Gasteiger partial charge < -0.3 is 9.47 Å². The Bertz CT molecular complexity index is 924. The highest BCUT2D eigenvalue weighted by Gasteiger charge is 2.28. The van der Waals surface area contributed by atoms with Crippen LogP contribution in [0.4, 0.5) is 0 Å². The predicted octanol–water partition coefficient (Wildman–Crippen LogP) is 5.12. The van der Waals surface area contributed by atoms with Gasteiger partial charge in [0, 0.05) is 11.6 Å². The van der Waals surface area contributed by atoms with E-state index < -0.39 is 0 Å². The number of esters is 2. The molecule has 29 heavy (non-hydrogen) atoms. The van der Waals surface area contributed by atoms with Crippen molar-refractivity contribution in [3.63, 3.8) is 0 Å². The standard InChI is InChI=1S/C25H26O4/c1-4-24(26)28-16-6-7-18-10-12-19(13-11-18)20-8-5-9-22-21(20)14-15-23(22)29-25(27)17(2)3/h4-5,8-13,23H,1-2,6-7,14-16H2,3H3. The fraction of sp³-hybridized carbons (Fsp3) is 0.280. The third kappa shape index (κ3) is 5.02. The molecule has 0 heterocycles. The maximum Gasteiger partial charge on any atom is 0.333 e. The van der Waals surface area contributed by atoms with Gasteiger partial charge in [-0.15, -0.1) is 0 Å². The number of aryl methyl sites for hydroxylation is 1. The van der Waals surface area contributed by atoms with E-state index in [0.29, 0.717) is 12.2 Å². The van der Waals surface area contributed by atoms with Crippen molar-refractivity contribution < 1.29 is 19.1 Å². The lowest BCUT2D eigenvalue weighted by atomic mass is 9.95. The molecule has 0 aliphatic heterocycles. The van der Waals surface area contributed by atoms with Crippen molar-refractivity contribution in [3.8, 4) is 11.1 Å². The number of hydrogen-bond acceptors (Lipinski definition) is 4. The third-order valence-electron chi connectivity index (χ3n) is 5.10. The molecule has 2 aromatic carbocycles. The first-order valence-electron chi connectivity index (χ1n) is 9.86. The van der Waals surface area contributed by atoms with E-state index in [1.807, 2.05) is 12.1 Å². The maximum absolute atomic E-state index is 11.9. The summed E-state index contributed by atoms with van der Waals surface area (Å²) in [7, 11) is 0. The van der Waals surface area contributed by atoms with Crippen molar-refractivity contribution in [2.45, 2.75) is 38.7 Å². The summed E-state index contributed by atoms with van der Waals surface area (Å²) in [6.07, 6.45) is 4.28. The van der Waals surface area contributed by atoms with E-state index in [1.165, 1.54) is 22.8 Å². The molecule has 0 N–H and O–H groups in total. The van der Waals surface area contributed by atoms with Crippen molar-refractivity contribution in [1.82, 2.24) is 0 Å². The number of rotatable bonds is 8. The summed E-state index contributed by atoms with van der Waals surface area (Å²) in [5.74, 6) is -0.720. The van der Waals surface area contributed by atoms with Gasteiger partial charge in [-0.05, 0) is 60.4 Å². The molecule has 4 heteroatoms. The molecule has 0 aromatic heterocycles. The summed E-state index contributed by atoms with van der Waals surface area (Å²) in [4.78, 5) is 23.0. The van der Waals surface area contributed by atoms with Crippen molar-refractivity contribution in [1.29, 1.82) is 0 Å². The summed E-state index contributed by atoms with van der Waals surface area (Å²) in [6, 6.07) is 14.6. The van der Waals surface area contributed by atoms with E-state index in [4.69, 9.17) is 9.47 Å². The summed E-state index contributed by atoms with van der Waals surface area (Å²) in [6.45, 7) is 9.10. The van der Waals surface area contributed by atoms with E-state index in [2.05, 4.69) is 43.5 Å². The minimum Gasteiger partial charge on any atom is -0.463 e. The zero-order chi connectivity index (χ0) is 20.8. The molecule has 4 nitrogen and oxygen atoms in total. The van der Waals surface area contributed by atoms with Gasteiger partial charge >= 0.3 is 11.9 Å². The van der Waals surface area contributed by atoms with Crippen LogP contribution < -0.4 is 0 Å². The largest absolute Gasteiger partial charge is 0.463 e. The van der Waals surface area contributed by atoms with Gasteiger partial charge in [-0.1, -0.05) is 55.6 Å². The average Bonchev–Trinajstić information content (AvgIpc) is 3.14. The highest BCUT2D eigenvalue weighted by molar-refractivity contribution is 5.87. The van der Waals surface area contributed by atoms with Crippen LogP contribution in [0.3, 0.4) is 0 Å². The van der Waals surface area contributed by atoms with E-state index in [1.54, 1.807) is 6.92 Å². The zero-order valence-electron chi connectivity index (χ0n) is 16.8. The Morgan fingerprint density at radius 3 is 2.62 bits per heavy atom. The normalized spacial score (nSPS) is 14.7. The first-order chi connectivity index (χ1) is 14.0.